The van der Waals surface area contributed by atoms with Gasteiger partial charge in [0.15, 0.2) is 0 Å². The number of halogens is 1. The van der Waals surface area contributed by atoms with Crippen molar-refractivity contribution in [3.8, 4) is 6.07 Å². The first-order valence-corrected chi connectivity index (χ1v) is 7.17. The lowest BCUT2D eigenvalue weighted by molar-refractivity contribution is -0.120. The van der Waals surface area contributed by atoms with E-state index in [4.69, 9.17) is 11.0 Å². The molecule has 4 nitrogen and oxygen atoms in total. The van der Waals surface area contributed by atoms with Crippen LogP contribution >= 0.6 is 11.8 Å². The highest BCUT2D eigenvalue weighted by Crippen LogP contribution is 2.23. The molecular formula is C14H18FN3OS. The number of anilines is 1. The highest BCUT2D eigenvalue weighted by Gasteiger charge is 2.29. The maximum atomic E-state index is 13.5. The zero-order chi connectivity index (χ0) is 15.3. The summed E-state index contributed by atoms with van der Waals surface area (Å²) in [6.07, 6.45) is 0. The van der Waals surface area contributed by atoms with Crippen LogP contribution in [0, 0.1) is 23.1 Å². The van der Waals surface area contributed by atoms with Gasteiger partial charge >= 0.3 is 0 Å². The number of benzene rings is 1. The molecule has 0 aliphatic heterocycles. The summed E-state index contributed by atoms with van der Waals surface area (Å²) in [6.45, 7) is 5.39. The average molecular weight is 295 g/mol. The predicted octanol–water partition coefficient (Wildman–Crippen LogP) is 2.55. The lowest BCUT2D eigenvalue weighted by atomic mass is 9.90. The van der Waals surface area contributed by atoms with Crippen molar-refractivity contribution in [2.24, 2.45) is 5.92 Å². The minimum absolute atomic E-state index is 0.0188. The zero-order valence-corrected chi connectivity index (χ0v) is 12.6. The second kappa shape index (κ2) is 6.62. The number of thioether (sulfide) groups is 1. The van der Waals surface area contributed by atoms with E-state index in [2.05, 4.69) is 11.4 Å². The van der Waals surface area contributed by atoms with Crippen LogP contribution in [0.25, 0.3) is 0 Å². The standard InChI is InChI=1S/C14H18FN3OS/c1-9(2)14(3,8-16)18-13(19)7-20-12-5-4-10(17)6-11(12)15/h4-6,9H,7,17H2,1-3H3,(H,18,19). The molecule has 0 aliphatic carbocycles. The van der Waals surface area contributed by atoms with E-state index in [0.717, 1.165) is 11.8 Å². The van der Waals surface area contributed by atoms with Gasteiger partial charge in [0, 0.05) is 10.6 Å². The van der Waals surface area contributed by atoms with E-state index in [9.17, 15) is 9.18 Å². The van der Waals surface area contributed by atoms with Gasteiger partial charge in [-0.1, -0.05) is 13.8 Å². The molecule has 1 amide bonds. The van der Waals surface area contributed by atoms with E-state index in [1.807, 2.05) is 13.8 Å². The zero-order valence-electron chi connectivity index (χ0n) is 11.7. The Morgan fingerprint density at radius 3 is 2.75 bits per heavy atom. The summed E-state index contributed by atoms with van der Waals surface area (Å²) >= 11 is 1.07. The third-order valence-corrected chi connectivity index (χ3v) is 4.15. The molecule has 0 bridgehead atoms. The minimum Gasteiger partial charge on any atom is -0.399 e. The number of carbonyl (C=O) groups excluding carboxylic acids is 1. The number of amides is 1. The fourth-order valence-electron chi connectivity index (χ4n) is 1.40. The van der Waals surface area contributed by atoms with Crippen LogP contribution in [0.2, 0.25) is 0 Å². The third-order valence-electron chi connectivity index (χ3n) is 3.10. The Labute approximate surface area is 122 Å². The van der Waals surface area contributed by atoms with Crippen LogP contribution in [0.3, 0.4) is 0 Å². The van der Waals surface area contributed by atoms with Crippen molar-refractivity contribution in [3.63, 3.8) is 0 Å². The van der Waals surface area contributed by atoms with Crippen LogP contribution in [0.4, 0.5) is 10.1 Å². The summed E-state index contributed by atoms with van der Waals surface area (Å²) in [4.78, 5) is 12.2. The Morgan fingerprint density at radius 2 is 2.25 bits per heavy atom. The van der Waals surface area contributed by atoms with Crippen molar-refractivity contribution in [2.45, 2.75) is 31.2 Å². The first-order chi connectivity index (χ1) is 9.28. The summed E-state index contributed by atoms with van der Waals surface area (Å²) < 4.78 is 13.5. The van der Waals surface area contributed by atoms with Crippen LogP contribution in [0.5, 0.6) is 0 Å². The smallest absolute Gasteiger partial charge is 0.231 e. The molecule has 0 radical (unpaired) electrons. The fourth-order valence-corrected chi connectivity index (χ4v) is 2.12. The number of nitrogens with two attached hydrogens (primary N) is 1. The first kappa shape index (κ1) is 16.3. The number of nitrogens with zero attached hydrogens (tertiary/aromatic N) is 1. The molecule has 0 saturated heterocycles. The van der Waals surface area contributed by atoms with Gasteiger partial charge in [-0.3, -0.25) is 4.79 Å². The van der Waals surface area contributed by atoms with Gasteiger partial charge in [-0.05, 0) is 31.0 Å². The topological polar surface area (TPSA) is 78.9 Å². The third kappa shape index (κ3) is 4.14. The largest absolute Gasteiger partial charge is 0.399 e. The van der Waals surface area contributed by atoms with Crippen LogP contribution in [0.1, 0.15) is 20.8 Å². The molecule has 1 rings (SSSR count). The van der Waals surface area contributed by atoms with Gasteiger partial charge in [0.2, 0.25) is 5.91 Å². The molecule has 0 aromatic heterocycles. The fraction of sp³-hybridized carbons (Fsp3) is 0.429. The molecule has 0 saturated carbocycles. The number of carbonyl (C=O) groups is 1. The lowest BCUT2D eigenvalue weighted by Crippen LogP contribution is -2.49. The highest BCUT2D eigenvalue weighted by atomic mass is 32.2. The molecule has 0 fully saturated rings. The summed E-state index contributed by atoms with van der Waals surface area (Å²) in [5.41, 5.74) is 4.87. The van der Waals surface area contributed by atoms with E-state index < -0.39 is 11.4 Å². The molecule has 1 atom stereocenters. The SMILES string of the molecule is CC(C)C(C)(C#N)NC(=O)CSc1ccc(N)cc1F. The number of nitriles is 1. The molecule has 20 heavy (non-hydrogen) atoms. The van der Waals surface area contributed by atoms with Gasteiger partial charge in [0.25, 0.3) is 0 Å². The molecule has 1 unspecified atom stereocenters. The summed E-state index contributed by atoms with van der Waals surface area (Å²) in [5.74, 6) is -0.724. The molecule has 0 spiro atoms. The minimum atomic E-state index is -0.919. The monoisotopic (exact) mass is 295 g/mol. The van der Waals surface area contributed by atoms with Crippen LogP contribution in [0.15, 0.2) is 23.1 Å². The van der Waals surface area contributed by atoms with Crippen molar-refractivity contribution in [3.05, 3.63) is 24.0 Å². The number of hydrogen-bond donors (Lipinski definition) is 2. The molecule has 1 aromatic rings. The van der Waals surface area contributed by atoms with Crippen LogP contribution < -0.4 is 11.1 Å². The normalized spacial score (nSPS) is 13.6. The lowest BCUT2D eigenvalue weighted by Gasteiger charge is -2.27. The Morgan fingerprint density at radius 1 is 1.60 bits per heavy atom. The van der Waals surface area contributed by atoms with Crippen LogP contribution in [-0.4, -0.2) is 17.2 Å². The van der Waals surface area contributed by atoms with Crippen molar-refractivity contribution in [2.75, 3.05) is 11.5 Å². The molecule has 1 aromatic carbocycles. The summed E-state index contributed by atoms with van der Waals surface area (Å²) in [6, 6.07) is 6.43. The van der Waals surface area contributed by atoms with Gasteiger partial charge in [0.05, 0.1) is 11.8 Å². The highest BCUT2D eigenvalue weighted by molar-refractivity contribution is 8.00. The summed E-state index contributed by atoms with van der Waals surface area (Å²) in [7, 11) is 0. The van der Waals surface area contributed by atoms with Crippen molar-refractivity contribution >= 4 is 23.4 Å². The molecule has 3 N–H and O–H groups in total. The quantitative estimate of drug-likeness (QED) is 0.646. The Hall–Kier alpha value is -1.74. The Kier molecular flexibility index (Phi) is 5.40. The molecular weight excluding hydrogens is 277 g/mol. The maximum Gasteiger partial charge on any atom is 0.231 e. The number of hydrogen-bond acceptors (Lipinski definition) is 4. The average Bonchev–Trinajstić information content (AvgIpc) is 2.37. The van der Waals surface area contributed by atoms with E-state index >= 15 is 0 Å². The van der Waals surface area contributed by atoms with E-state index in [0.29, 0.717) is 10.6 Å². The van der Waals surface area contributed by atoms with Crippen molar-refractivity contribution < 1.29 is 9.18 Å². The molecule has 0 heterocycles. The van der Waals surface area contributed by atoms with Gasteiger partial charge in [-0.25, -0.2) is 4.39 Å². The van der Waals surface area contributed by atoms with Crippen molar-refractivity contribution in [1.82, 2.24) is 5.32 Å². The number of nitrogen functional groups attached to an aromatic ring is 1. The van der Waals surface area contributed by atoms with Crippen molar-refractivity contribution in [1.29, 1.82) is 5.26 Å². The van der Waals surface area contributed by atoms with E-state index in [1.165, 1.54) is 12.1 Å². The van der Waals surface area contributed by atoms with Gasteiger partial charge in [0.1, 0.15) is 11.4 Å². The van der Waals surface area contributed by atoms with E-state index in [1.54, 1.807) is 13.0 Å². The number of rotatable bonds is 5. The maximum absolute atomic E-state index is 13.5. The second-order valence-corrected chi connectivity index (χ2v) is 6.01. The molecule has 108 valence electrons. The Balaban J connectivity index is 2.62. The number of nitrogens with one attached hydrogen (secondary N) is 1. The van der Waals surface area contributed by atoms with Gasteiger partial charge in [-0.15, -0.1) is 11.8 Å². The van der Waals surface area contributed by atoms with Gasteiger partial charge < -0.3 is 11.1 Å². The van der Waals surface area contributed by atoms with Crippen LogP contribution in [-0.2, 0) is 4.79 Å². The first-order valence-electron chi connectivity index (χ1n) is 6.18. The van der Waals surface area contributed by atoms with Gasteiger partial charge in [-0.2, -0.15) is 5.26 Å². The predicted molar refractivity (Wildman–Crippen MR) is 78.5 cm³/mol. The van der Waals surface area contributed by atoms with E-state index in [-0.39, 0.29) is 17.6 Å². The molecule has 6 heteroatoms. The molecule has 0 aliphatic rings. The Bertz CT molecular complexity index is 542. The summed E-state index contributed by atoms with van der Waals surface area (Å²) in [5, 5.41) is 11.8. The second-order valence-electron chi connectivity index (χ2n) is 5.00.